The van der Waals surface area contributed by atoms with Crippen molar-refractivity contribution in [2.45, 2.75) is 39.2 Å². The number of ether oxygens (including phenoxy) is 2. The summed E-state index contributed by atoms with van der Waals surface area (Å²) in [7, 11) is 1.66. The van der Waals surface area contributed by atoms with Crippen molar-refractivity contribution in [2.75, 3.05) is 19.0 Å². The van der Waals surface area contributed by atoms with Crippen LogP contribution in [0.3, 0.4) is 0 Å². The summed E-state index contributed by atoms with van der Waals surface area (Å²) < 4.78 is 10.2. The van der Waals surface area contributed by atoms with Gasteiger partial charge in [0.1, 0.15) is 5.75 Å². The van der Waals surface area contributed by atoms with Gasteiger partial charge in [0.25, 0.3) is 0 Å². The first-order valence-electron chi connectivity index (χ1n) is 8.78. The van der Waals surface area contributed by atoms with Crippen molar-refractivity contribution in [1.29, 1.82) is 0 Å². The fourth-order valence-corrected chi connectivity index (χ4v) is 2.86. The summed E-state index contributed by atoms with van der Waals surface area (Å²) in [5.41, 5.74) is 3.57. The van der Waals surface area contributed by atoms with E-state index in [2.05, 4.69) is 30.4 Å². The fourth-order valence-electron chi connectivity index (χ4n) is 2.86. The molecule has 134 valence electrons. The molecule has 1 unspecified atom stereocenters. The molecular weight excluding hydrogens is 314 g/mol. The molecule has 0 bridgehead atoms. The molecule has 0 amide bonds. The zero-order valence-corrected chi connectivity index (χ0v) is 15.2. The van der Waals surface area contributed by atoms with Crippen LogP contribution in [-0.2, 0) is 16.0 Å². The molecule has 0 aliphatic heterocycles. The standard InChI is InChI=1S/C21H27NO3/c1-4-25-21(23)11-7-9-17-8-5-6-10-20(17)16(2)22-18-12-14-19(24-3)15-13-18/h5-6,8,10,12-16,22H,4,7,9,11H2,1-3H3. The first-order chi connectivity index (χ1) is 12.1. The first kappa shape index (κ1) is 18.8. The van der Waals surface area contributed by atoms with E-state index in [9.17, 15) is 4.79 Å². The van der Waals surface area contributed by atoms with Gasteiger partial charge in [0.05, 0.1) is 13.7 Å². The molecule has 2 rings (SSSR count). The average molecular weight is 341 g/mol. The molecular formula is C21H27NO3. The van der Waals surface area contributed by atoms with Crippen molar-refractivity contribution in [3.63, 3.8) is 0 Å². The normalized spacial score (nSPS) is 11.6. The average Bonchev–Trinajstić information content (AvgIpc) is 2.63. The molecule has 25 heavy (non-hydrogen) atoms. The maximum atomic E-state index is 11.5. The summed E-state index contributed by atoms with van der Waals surface area (Å²) in [6, 6.07) is 16.5. The second-order valence-electron chi connectivity index (χ2n) is 5.95. The number of benzene rings is 2. The zero-order valence-electron chi connectivity index (χ0n) is 15.2. The van der Waals surface area contributed by atoms with Crippen molar-refractivity contribution < 1.29 is 14.3 Å². The highest BCUT2D eigenvalue weighted by Crippen LogP contribution is 2.25. The minimum Gasteiger partial charge on any atom is -0.497 e. The lowest BCUT2D eigenvalue weighted by molar-refractivity contribution is -0.143. The highest BCUT2D eigenvalue weighted by atomic mass is 16.5. The van der Waals surface area contributed by atoms with Crippen LogP contribution in [-0.4, -0.2) is 19.7 Å². The molecule has 0 spiro atoms. The molecule has 0 heterocycles. The number of esters is 1. The van der Waals surface area contributed by atoms with Crippen molar-refractivity contribution >= 4 is 11.7 Å². The minimum absolute atomic E-state index is 0.121. The number of hydrogen-bond acceptors (Lipinski definition) is 4. The van der Waals surface area contributed by atoms with Gasteiger partial charge in [-0.3, -0.25) is 4.79 Å². The van der Waals surface area contributed by atoms with E-state index in [0.29, 0.717) is 13.0 Å². The number of aryl methyl sites for hydroxylation is 1. The van der Waals surface area contributed by atoms with Gasteiger partial charge in [-0.2, -0.15) is 0 Å². The number of carbonyl (C=O) groups excluding carboxylic acids is 1. The quantitative estimate of drug-likeness (QED) is 0.668. The Bertz CT molecular complexity index is 667. The van der Waals surface area contributed by atoms with E-state index in [1.54, 1.807) is 7.11 Å². The zero-order chi connectivity index (χ0) is 18.1. The van der Waals surface area contributed by atoms with Gasteiger partial charge < -0.3 is 14.8 Å². The van der Waals surface area contributed by atoms with Crippen LogP contribution in [0.25, 0.3) is 0 Å². The largest absolute Gasteiger partial charge is 0.497 e. The Labute approximate surface area is 150 Å². The molecule has 4 heteroatoms. The molecule has 2 aromatic carbocycles. The second-order valence-corrected chi connectivity index (χ2v) is 5.95. The summed E-state index contributed by atoms with van der Waals surface area (Å²) in [6.45, 7) is 4.42. The lowest BCUT2D eigenvalue weighted by atomic mass is 9.97. The van der Waals surface area contributed by atoms with Crippen molar-refractivity contribution in [3.8, 4) is 5.75 Å². The lowest BCUT2D eigenvalue weighted by Gasteiger charge is -2.19. The van der Waals surface area contributed by atoms with E-state index in [1.807, 2.05) is 37.3 Å². The van der Waals surface area contributed by atoms with Gasteiger partial charge in [-0.1, -0.05) is 24.3 Å². The van der Waals surface area contributed by atoms with E-state index in [-0.39, 0.29) is 12.0 Å². The molecule has 0 aromatic heterocycles. The number of carbonyl (C=O) groups is 1. The smallest absolute Gasteiger partial charge is 0.305 e. The molecule has 0 radical (unpaired) electrons. The van der Waals surface area contributed by atoms with Crippen LogP contribution in [0.2, 0.25) is 0 Å². The predicted molar refractivity (Wildman–Crippen MR) is 101 cm³/mol. The Morgan fingerprint density at radius 3 is 2.52 bits per heavy atom. The molecule has 1 N–H and O–H groups in total. The van der Waals surface area contributed by atoms with Crippen molar-refractivity contribution in [2.24, 2.45) is 0 Å². The van der Waals surface area contributed by atoms with Crippen LogP contribution in [0.15, 0.2) is 48.5 Å². The Balaban J connectivity index is 1.98. The molecule has 0 fully saturated rings. The first-order valence-corrected chi connectivity index (χ1v) is 8.78. The Hall–Kier alpha value is -2.49. The summed E-state index contributed by atoms with van der Waals surface area (Å²) in [6.07, 6.45) is 2.12. The molecule has 2 aromatic rings. The summed E-state index contributed by atoms with van der Waals surface area (Å²) >= 11 is 0. The number of methoxy groups -OCH3 is 1. The highest BCUT2D eigenvalue weighted by Gasteiger charge is 2.11. The van der Waals surface area contributed by atoms with Crippen LogP contribution in [0.5, 0.6) is 5.75 Å². The van der Waals surface area contributed by atoms with E-state index in [0.717, 1.165) is 24.3 Å². The van der Waals surface area contributed by atoms with Crippen LogP contribution < -0.4 is 10.1 Å². The monoisotopic (exact) mass is 341 g/mol. The Morgan fingerprint density at radius 2 is 1.84 bits per heavy atom. The van der Waals surface area contributed by atoms with Gasteiger partial charge in [0.2, 0.25) is 0 Å². The molecule has 4 nitrogen and oxygen atoms in total. The molecule has 0 aliphatic rings. The fraction of sp³-hybridized carbons (Fsp3) is 0.381. The van der Waals surface area contributed by atoms with Gasteiger partial charge in [-0.15, -0.1) is 0 Å². The van der Waals surface area contributed by atoms with E-state index < -0.39 is 0 Å². The van der Waals surface area contributed by atoms with Crippen LogP contribution >= 0.6 is 0 Å². The van der Waals surface area contributed by atoms with E-state index in [4.69, 9.17) is 9.47 Å². The lowest BCUT2D eigenvalue weighted by Crippen LogP contribution is -2.10. The third kappa shape index (κ3) is 5.82. The Morgan fingerprint density at radius 1 is 1.12 bits per heavy atom. The number of anilines is 1. The molecule has 0 saturated heterocycles. The van der Waals surface area contributed by atoms with E-state index in [1.165, 1.54) is 11.1 Å². The molecule has 1 atom stereocenters. The van der Waals surface area contributed by atoms with Gasteiger partial charge >= 0.3 is 5.97 Å². The van der Waals surface area contributed by atoms with Crippen LogP contribution in [0.4, 0.5) is 5.69 Å². The van der Waals surface area contributed by atoms with E-state index >= 15 is 0 Å². The van der Waals surface area contributed by atoms with Gasteiger partial charge in [0.15, 0.2) is 0 Å². The number of hydrogen-bond donors (Lipinski definition) is 1. The maximum absolute atomic E-state index is 11.5. The predicted octanol–water partition coefficient (Wildman–Crippen LogP) is 4.75. The number of nitrogens with one attached hydrogen (secondary N) is 1. The SMILES string of the molecule is CCOC(=O)CCCc1ccccc1C(C)Nc1ccc(OC)cc1. The third-order valence-corrected chi connectivity index (χ3v) is 4.13. The van der Waals surface area contributed by atoms with Crippen LogP contribution in [0, 0.1) is 0 Å². The third-order valence-electron chi connectivity index (χ3n) is 4.13. The van der Waals surface area contributed by atoms with Gasteiger partial charge in [0, 0.05) is 18.2 Å². The maximum Gasteiger partial charge on any atom is 0.305 e. The Kier molecular flexibility index (Phi) is 7.33. The number of rotatable bonds is 9. The molecule has 0 saturated carbocycles. The van der Waals surface area contributed by atoms with Crippen LogP contribution in [0.1, 0.15) is 43.9 Å². The van der Waals surface area contributed by atoms with Crippen molar-refractivity contribution in [1.82, 2.24) is 0 Å². The summed E-state index contributed by atoms with van der Waals surface area (Å²) in [5, 5.41) is 3.52. The minimum atomic E-state index is -0.121. The highest BCUT2D eigenvalue weighted by molar-refractivity contribution is 5.69. The summed E-state index contributed by atoms with van der Waals surface area (Å²) in [5.74, 6) is 0.724. The second kappa shape index (κ2) is 9.72. The topological polar surface area (TPSA) is 47.6 Å². The summed E-state index contributed by atoms with van der Waals surface area (Å²) in [4.78, 5) is 11.5. The van der Waals surface area contributed by atoms with Crippen molar-refractivity contribution in [3.05, 3.63) is 59.7 Å². The van der Waals surface area contributed by atoms with Gasteiger partial charge in [-0.05, 0) is 62.1 Å². The molecule has 0 aliphatic carbocycles. The van der Waals surface area contributed by atoms with Gasteiger partial charge in [-0.25, -0.2) is 0 Å².